The Hall–Kier alpha value is -13.3. The zero-order valence-corrected chi connectivity index (χ0v) is 66.8. The minimum atomic E-state index is -0.307. The van der Waals surface area contributed by atoms with E-state index in [4.69, 9.17) is 9.47 Å². The number of benzene rings is 2. The Labute approximate surface area is 680 Å². The number of rotatable bonds is 21. The van der Waals surface area contributed by atoms with Gasteiger partial charge in [0.1, 0.15) is 29.1 Å². The summed E-state index contributed by atoms with van der Waals surface area (Å²) in [4.78, 5) is 126. The number of hydrogen-bond acceptors (Lipinski definition) is 28. The molecule has 1 unspecified atom stereocenters. The summed E-state index contributed by atoms with van der Waals surface area (Å²) in [7, 11) is 7.20. The quantitative estimate of drug-likeness (QED) is 0.0446. The van der Waals surface area contributed by atoms with E-state index in [0.717, 1.165) is 75.5 Å². The molecule has 0 bridgehead atoms. The van der Waals surface area contributed by atoms with Crippen molar-refractivity contribution in [2.75, 3.05) is 81.1 Å². The Morgan fingerprint density at radius 1 is 0.513 bits per heavy atom. The standard InChI is InChI=1S/C18H17N3O3S.C17H20N4O2S.C16H11N7OS.C14H17N5OS.C14H10N4OS/c1-23-15-7-6-12(9-16(15)24-2)10-17(22)21-18-20-14(11-25-18)13-5-3-4-8-19-13;1-11(2)8-21-9-12(7-15(21)22)16(23)20-17-19-14(10-24-17)13-5-3-4-6-18-13;24-15(11-4-3-5-12(8-11)23-10-18-21-22-23)20-16-19-14(9-25-16)13-6-1-2-7-17-13;1-18(2)11-7-19(8-11)14(20)17-13-16-12(9-21-13)10-4-3-5-15-6-10;19-13(10-4-3-6-15-8-10)18-14-17-12(9-20-14)11-5-1-2-7-16-11/h3-9,11H,10H2,1-2H3,(H,20,21,22);3-6,10-12H,7-9H2,1-2H3,(H,19,20,23);1-10H,(H,19,20,24);3-6,9,11H,7-8H2,1-2H3,(H,16,17,20);1-9H,(H,17,18,19). The second-order valence-corrected chi connectivity index (χ2v) is 30.0. The largest absolute Gasteiger partial charge is 0.493 e. The van der Waals surface area contributed by atoms with E-state index < -0.39 is 0 Å². The van der Waals surface area contributed by atoms with Crippen LogP contribution in [0.25, 0.3) is 62.5 Å². The van der Waals surface area contributed by atoms with E-state index in [-0.39, 0.29) is 54.3 Å². The van der Waals surface area contributed by atoms with E-state index in [0.29, 0.717) is 79.0 Å². The Bertz CT molecular complexity index is 5490. The molecule has 2 aliphatic heterocycles. The molecule has 0 saturated carbocycles. The average molecular weight is 1630 g/mol. The van der Waals surface area contributed by atoms with Crippen LogP contribution in [0.5, 0.6) is 11.5 Å². The number of thiazole rings is 5. The van der Waals surface area contributed by atoms with Crippen LogP contribution in [0.2, 0.25) is 0 Å². The van der Waals surface area contributed by atoms with Gasteiger partial charge in [-0.2, -0.15) is 0 Å². The Kier molecular flexibility index (Phi) is 28.5. The number of nitrogens with zero attached hydrogens (tertiary/aromatic N) is 18. The van der Waals surface area contributed by atoms with Crippen LogP contribution < -0.4 is 36.1 Å². The van der Waals surface area contributed by atoms with Gasteiger partial charge in [-0.3, -0.25) is 69.8 Å². The summed E-state index contributed by atoms with van der Waals surface area (Å²) in [5.41, 5.74) is 10.3. The monoisotopic (exact) mass is 1630 g/mol. The average Bonchev–Trinajstić information content (AvgIpc) is 1.51. The Morgan fingerprint density at radius 2 is 1.02 bits per heavy atom. The normalized spacial score (nSPS) is 12.7. The van der Waals surface area contributed by atoms with E-state index in [9.17, 15) is 28.8 Å². The minimum Gasteiger partial charge on any atom is -0.493 e. The fourth-order valence-corrected chi connectivity index (χ4v) is 14.5. The molecule has 2 saturated heterocycles. The van der Waals surface area contributed by atoms with Crippen molar-refractivity contribution in [1.29, 1.82) is 0 Å². The molecule has 14 aromatic rings. The van der Waals surface area contributed by atoms with E-state index >= 15 is 0 Å². The van der Waals surface area contributed by atoms with Gasteiger partial charge in [0.15, 0.2) is 37.2 Å². The first-order chi connectivity index (χ1) is 56.0. The van der Waals surface area contributed by atoms with Crippen LogP contribution in [-0.2, 0) is 20.8 Å². The lowest BCUT2D eigenvalue weighted by Crippen LogP contribution is -2.60. The molecular formula is C79H75N23O8S5. The number of ether oxygens (including phenoxy) is 2. The highest BCUT2D eigenvalue weighted by atomic mass is 32.1. The second-order valence-electron chi connectivity index (χ2n) is 25.7. The van der Waals surface area contributed by atoms with Crippen LogP contribution in [0.4, 0.5) is 30.5 Å². The number of methoxy groups -OCH3 is 2. The van der Waals surface area contributed by atoms with Crippen molar-refractivity contribution in [1.82, 2.24) is 89.7 Å². The van der Waals surface area contributed by atoms with E-state index in [2.05, 4.69) is 116 Å². The molecule has 1 atom stereocenters. The van der Waals surface area contributed by atoms with Gasteiger partial charge in [-0.25, -0.2) is 34.4 Å². The second kappa shape index (κ2) is 40.3. The summed E-state index contributed by atoms with van der Waals surface area (Å²) in [6, 6.07) is 42.5. The molecule has 0 spiro atoms. The predicted molar refractivity (Wildman–Crippen MR) is 444 cm³/mol. The first-order valence-electron chi connectivity index (χ1n) is 35.5. The molecule has 115 heavy (non-hydrogen) atoms. The number of likely N-dealkylation sites (N-methyl/N-ethyl adjacent to an activating group) is 1. The lowest BCUT2D eigenvalue weighted by atomic mass is 10.1. The van der Waals surface area contributed by atoms with Crippen LogP contribution in [-0.4, -0.2) is 186 Å². The lowest BCUT2D eigenvalue weighted by Gasteiger charge is -2.42. The van der Waals surface area contributed by atoms with Crippen molar-refractivity contribution in [3.8, 4) is 74.0 Å². The molecule has 5 N–H and O–H groups in total. The highest BCUT2D eigenvalue weighted by Crippen LogP contribution is 2.32. The summed E-state index contributed by atoms with van der Waals surface area (Å²) in [6.45, 7) is 6.84. The van der Waals surface area contributed by atoms with Gasteiger partial charge >= 0.3 is 6.03 Å². The van der Waals surface area contributed by atoms with Crippen molar-refractivity contribution in [2.24, 2.45) is 11.8 Å². The van der Waals surface area contributed by atoms with Gasteiger partial charge in [-0.1, -0.05) is 50.2 Å². The van der Waals surface area contributed by atoms with Crippen molar-refractivity contribution in [2.45, 2.75) is 32.7 Å². The van der Waals surface area contributed by atoms with Crippen LogP contribution in [0, 0.1) is 11.8 Å². The number of amides is 7. The predicted octanol–water partition coefficient (Wildman–Crippen LogP) is 13.3. The third-order valence-electron chi connectivity index (χ3n) is 16.8. The van der Waals surface area contributed by atoms with Crippen LogP contribution in [0.15, 0.2) is 222 Å². The minimum absolute atomic E-state index is 0.0529. The van der Waals surface area contributed by atoms with Crippen LogP contribution in [0.1, 0.15) is 46.5 Å². The highest BCUT2D eigenvalue weighted by Gasteiger charge is 2.35. The summed E-state index contributed by atoms with van der Waals surface area (Å²) in [6.07, 6.45) is 15.4. The number of nitrogens with one attached hydrogen (secondary N) is 5. The maximum Gasteiger partial charge on any atom is 0.323 e. The molecule has 0 radical (unpaired) electrons. The number of likely N-dealkylation sites (tertiary alicyclic amines) is 2. The fraction of sp³-hybridized carbons (Fsp3) is 0.190. The Morgan fingerprint density at radius 3 is 1.50 bits per heavy atom. The molecule has 31 nitrogen and oxygen atoms in total. The first-order valence-corrected chi connectivity index (χ1v) is 39.9. The number of hydrogen-bond donors (Lipinski definition) is 5. The molecule has 14 heterocycles. The van der Waals surface area contributed by atoms with E-state index in [1.54, 1.807) is 110 Å². The number of tetrazole rings is 1. The molecule has 7 amide bonds. The van der Waals surface area contributed by atoms with Crippen LogP contribution >= 0.6 is 56.7 Å². The fourth-order valence-electron chi connectivity index (χ4n) is 11.0. The molecular weight excluding hydrogens is 1560 g/mol. The number of carbonyl (C=O) groups is 6. The number of urea groups is 1. The van der Waals surface area contributed by atoms with Crippen molar-refractivity contribution >= 4 is 118 Å². The zero-order chi connectivity index (χ0) is 80.4. The number of aromatic nitrogens is 15. The molecule has 12 aromatic heterocycles. The molecule has 36 heteroatoms. The molecule has 584 valence electrons. The number of anilines is 5. The summed E-state index contributed by atoms with van der Waals surface area (Å²) < 4.78 is 11.9. The molecule has 2 fully saturated rings. The number of carbonyl (C=O) groups excluding carboxylic acids is 6. The highest BCUT2D eigenvalue weighted by molar-refractivity contribution is 7.15. The third kappa shape index (κ3) is 23.2. The first kappa shape index (κ1) is 81.2. The number of pyridine rings is 6. The van der Waals surface area contributed by atoms with E-state index in [1.165, 1.54) is 73.9 Å². The third-order valence-corrected chi connectivity index (χ3v) is 20.6. The summed E-state index contributed by atoms with van der Waals surface area (Å²) in [5, 5.41) is 37.2. The molecule has 2 aromatic carbocycles. The van der Waals surface area contributed by atoms with Gasteiger partial charge in [0.05, 0.1) is 66.3 Å². The maximum absolute atomic E-state index is 12.5. The van der Waals surface area contributed by atoms with Gasteiger partial charge in [0, 0.05) is 126 Å². The van der Waals surface area contributed by atoms with Gasteiger partial charge in [-0.15, -0.1) is 61.8 Å². The van der Waals surface area contributed by atoms with Crippen molar-refractivity contribution < 1.29 is 38.2 Å². The van der Waals surface area contributed by atoms with Crippen molar-refractivity contribution in [3.63, 3.8) is 0 Å². The van der Waals surface area contributed by atoms with Gasteiger partial charge in [0.25, 0.3) is 11.8 Å². The topological polar surface area (TPSA) is 376 Å². The zero-order valence-electron chi connectivity index (χ0n) is 62.7. The summed E-state index contributed by atoms with van der Waals surface area (Å²) >= 11 is 6.87. The Balaban J connectivity index is 0.000000133. The molecule has 0 aliphatic carbocycles. The van der Waals surface area contributed by atoms with Gasteiger partial charge in [0.2, 0.25) is 17.7 Å². The summed E-state index contributed by atoms with van der Waals surface area (Å²) in [5.74, 6) is 0.611. The molecule has 2 aliphatic rings. The smallest absolute Gasteiger partial charge is 0.323 e. The molecule has 16 rings (SSSR count). The van der Waals surface area contributed by atoms with Gasteiger partial charge < -0.3 is 34.8 Å². The maximum atomic E-state index is 12.5. The van der Waals surface area contributed by atoms with Crippen LogP contribution in [0.3, 0.4) is 0 Å². The van der Waals surface area contributed by atoms with Gasteiger partial charge in [-0.05, 0) is 139 Å². The SMILES string of the molecule is CC(C)CN1CC(C(=O)Nc2nc(-c3ccccn3)cs2)CC1=O.CN(C)C1CN(C(=O)Nc2nc(-c3cccnc3)cs2)C1.COc1ccc(CC(=O)Nc2nc(-c3ccccn3)cs2)cc1OC.O=C(Nc1nc(-c2ccccn2)cs1)c1cccc(-n2cnnn2)c1.O=C(Nc1nc(-c2ccccn2)cs1)c1cccnc1. The van der Waals surface area contributed by atoms with Crippen molar-refractivity contribution in [3.05, 3.63) is 239 Å². The lowest BCUT2D eigenvalue weighted by molar-refractivity contribution is -0.128. The van der Waals surface area contributed by atoms with E-state index in [1.807, 2.05) is 138 Å².